The minimum atomic E-state index is 0.0347. The van der Waals surface area contributed by atoms with Crippen LogP contribution in [0.4, 0.5) is 0 Å². The molecular formula is C12H13N3. The smallest absolute Gasteiger partial charge is 0.169 e. The van der Waals surface area contributed by atoms with Gasteiger partial charge in [-0.2, -0.15) is 0 Å². The number of aryl methyl sites for hydroxylation is 1. The molecule has 0 fully saturated rings. The van der Waals surface area contributed by atoms with Gasteiger partial charge < -0.3 is 0 Å². The zero-order valence-corrected chi connectivity index (χ0v) is 8.57. The first-order valence-corrected chi connectivity index (χ1v) is 4.60. The summed E-state index contributed by atoms with van der Waals surface area (Å²) in [6, 6.07) is 10.3. The summed E-state index contributed by atoms with van der Waals surface area (Å²) >= 11 is 0. The third kappa shape index (κ3) is 4.13. The Morgan fingerprint density at radius 1 is 1.07 bits per heavy atom. The van der Waals surface area contributed by atoms with E-state index in [1.165, 1.54) is 17.9 Å². The van der Waals surface area contributed by atoms with Crippen LogP contribution in [0, 0.1) is 17.7 Å². The van der Waals surface area contributed by atoms with Crippen LogP contribution < -0.4 is 0 Å². The highest BCUT2D eigenvalue weighted by molar-refractivity contribution is 6.46. The van der Waals surface area contributed by atoms with Crippen molar-refractivity contribution in [2.24, 2.45) is 4.99 Å². The summed E-state index contributed by atoms with van der Waals surface area (Å²) in [5, 5.41) is 13.9. The van der Waals surface area contributed by atoms with E-state index in [1.807, 2.05) is 18.2 Å². The summed E-state index contributed by atoms with van der Waals surface area (Å²) in [6.07, 6.45) is 4.68. The number of nitrogens with zero attached hydrogens (tertiary/aromatic N) is 1. The highest BCUT2D eigenvalue weighted by atomic mass is 14.8. The van der Waals surface area contributed by atoms with Gasteiger partial charge in [0, 0.05) is 6.21 Å². The second kappa shape index (κ2) is 5.65. The summed E-state index contributed by atoms with van der Waals surface area (Å²) in [5.41, 5.74) is 1.50. The molecule has 2 N–H and O–H groups in total. The van der Waals surface area contributed by atoms with Crippen molar-refractivity contribution in [1.82, 2.24) is 0 Å². The van der Waals surface area contributed by atoms with E-state index in [0.29, 0.717) is 0 Å². The van der Waals surface area contributed by atoms with E-state index < -0.39 is 0 Å². The number of benzene rings is 1. The molecule has 0 saturated heterocycles. The average molecular weight is 199 g/mol. The number of allylic oxidation sites excluding steroid dienone is 1. The fourth-order valence-electron chi connectivity index (χ4n) is 0.940. The lowest BCUT2D eigenvalue weighted by molar-refractivity contribution is 1.44. The molecule has 15 heavy (non-hydrogen) atoms. The number of nitrogens with one attached hydrogen (secondary N) is 2. The monoisotopic (exact) mass is 199 g/mol. The standard InChI is InChI=1S/C7H8.C5H5N3/c1-7-5-3-2-4-6-7;6-4-2-1-3-8-5(4)7/h2-6H,1H3;1-3,6-7H. The van der Waals surface area contributed by atoms with Crippen molar-refractivity contribution in [3.05, 3.63) is 48.0 Å². The molecule has 0 aromatic heterocycles. The van der Waals surface area contributed by atoms with Gasteiger partial charge in [-0.25, -0.2) is 4.99 Å². The minimum Gasteiger partial charge on any atom is -0.297 e. The molecule has 1 aromatic carbocycles. The number of hydrogen-bond donors (Lipinski definition) is 2. The molecule has 3 nitrogen and oxygen atoms in total. The van der Waals surface area contributed by atoms with Crippen LogP contribution in [0.15, 0.2) is 47.5 Å². The van der Waals surface area contributed by atoms with Gasteiger partial charge in [0.25, 0.3) is 0 Å². The largest absolute Gasteiger partial charge is 0.297 e. The zero-order chi connectivity index (χ0) is 11.1. The van der Waals surface area contributed by atoms with Gasteiger partial charge >= 0.3 is 0 Å². The van der Waals surface area contributed by atoms with E-state index in [2.05, 4.69) is 24.0 Å². The van der Waals surface area contributed by atoms with E-state index in [9.17, 15) is 0 Å². The highest BCUT2D eigenvalue weighted by Crippen LogP contribution is 1.92. The molecule has 0 atom stereocenters. The molecule has 3 heteroatoms. The van der Waals surface area contributed by atoms with Gasteiger partial charge in [-0.1, -0.05) is 35.9 Å². The summed E-state index contributed by atoms with van der Waals surface area (Å²) in [7, 11) is 0. The molecular weight excluding hydrogens is 186 g/mol. The van der Waals surface area contributed by atoms with Crippen LogP contribution in [0.1, 0.15) is 5.56 Å². The Morgan fingerprint density at radius 3 is 2.07 bits per heavy atom. The summed E-state index contributed by atoms with van der Waals surface area (Å²) in [4.78, 5) is 3.56. The maximum Gasteiger partial charge on any atom is 0.169 e. The number of dihydropyridines is 1. The van der Waals surface area contributed by atoms with Gasteiger partial charge in [-0.05, 0) is 19.1 Å². The van der Waals surface area contributed by atoms with Crippen LogP contribution in [0.3, 0.4) is 0 Å². The van der Waals surface area contributed by atoms with Crippen molar-refractivity contribution in [2.45, 2.75) is 6.92 Å². The van der Waals surface area contributed by atoms with Crippen LogP contribution in [0.5, 0.6) is 0 Å². The SMILES string of the molecule is Cc1ccccc1.N=C1C=CC=NC1=N. The lowest BCUT2D eigenvalue weighted by atomic mass is 10.2. The maximum absolute atomic E-state index is 6.97. The van der Waals surface area contributed by atoms with E-state index in [1.54, 1.807) is 6.08 Å². The Kier molecular flexibility index (Phi) is 4.16. The highest BCUT2D eigenvalue weighted by Gasteiger charge is 1.98. The van der Waals surface area contributed by atoms with Gasteiger partial charge in [-0.15, -0.1) is 0 Å². The first-order valence-electron chi connectivity index (χ1n) is 4.60. The van der Waals surface area contributed by atoms with Crippen LogP contribution >= 0.6 is 0 Å². The minimum absolute atomic E-state index is 0.0347. The molecule has 0 unspecified atom stereocenters. The second-order valence-electron chi connectivity index (χ2n) is 3.05. The van der Waals surface area contributed by atoms with E-state index in [4.69, 9.17) is 10.8 Å². The van der Waals surface area contributed by atoms with Crippen LogP contribution in [-0.2, 0) is 0 Å². The Bertz CT molecular complexity index is 380. The molecule has 1 aliphatic heterocycles. The second-order valence-corrected chi connectivity index (χ2v) is 3.05. The van der Waals surface area contributed by atoms with Crippen LogP contribution in [0.2, 0.25) is 0 Å². The number of amidine groups is 1. The molecule has 1 aromatic rings. The van der Waals surface area contributed by atoms with Crippen LogP contribution in [0.25, 0.3) is 0 Å². The van der Waals surface area contributed by atoms with Crippen molar-refractivity contribution in [1.29, 1.82) is 10.8 Å². The molecule has 76 valence electrons. The quantitative estimate of drug-likeness (QED) is 0.645. The van der Waals surface area contributed by atoms with Crippen molar-refractivity contribution in [2.75, 3.05) is 0 Å². The first-order chi connectivity index (χ1) is 7.20. The normalized spacial score (nSPS) is 13.4. The van der Waals surface area contributed by atoms with E-state index >= 15 is 0 Å². The molecule has 0 spiro atoms. The molecule has 1 heterocycles. The van der Waals surface area contributed by atoms with Crippen molar-refractivity contribution in [3.63, 3.8) is 0 Å². The van der Waals surface area contributed by atoms with Crippen molar-refractivity contribution < 1.29 is 0 Å². The topological polar surface area (TPSA) is 60.1 Å². The fourth-order valence-corrected chi connectivity index (χ4v) is 0.940. The number of aliphatic imine (C=N–C) groups is 1. The molecule has 0 saturated carbocycles. The molecule has 0 bridgehead atoms. The third-order valence-corrected chi connectivity index (χ3v) is 1.75. The fraction of sp³-hybridized carbons (Fsp3) is 0.0833. The van der Waals surface area contributed by atoms with Gasteiger partial charge in [0.05, 0.1) is 5.71 Å². The third-order valence-electron chi connectivity index (χ3n) is 1.75. The Labute approximate surface area is 89.2 Å². The number of rotatable bonds is 0. The predicted molar refractivity (Wildman–Crippen MR) is 64.3 cm³/mol. The zero-order valence-electron chi connectivity index (χ0n) is 8.57. The van der Waals surface area contributed by atoms with Gasteiger partial charge in [0.2, 0.25) is 0 Å². The van der Waals surface area contributed by atoms with Gasteiger partial charge in [0.1, 0.15) is 0 Å². The molecule has 1 aliphatic rings. The van der Waals surface area contributed by atoms with Gasteiger partial charge in [-0.3, -0.25) is 10.8 Å². The Hall–Kier alpha value is -2.03. The Balaban J connectivity index is 0.000000151. The number of hydrogen-bond acceptors (Lipinski definition) is 2. The Morgan fingerprint density at radius 2 is 1.73 bits per heavy atom. The van der Waals surface area contributed by atoms with E-state index in [-0.39, 0.29) is 11.5 Å². The first kappa shape index (κ1) is 11.0. The summed E-state index contributed by atoms with van der Waals surface area (Å²) in [5.74, 6) is 0.0347. The molecule has 0 amide bonds. The molecule has 0 radical (unpaired) electrons. The van der Waals surface area contributed by atoms with Gasteiger partial charge in [0.15, 0.2) is 5.84 Å². The van der Waals surface area contributed by atoms with Crippen molar-refractivity contribution >= 4 is 17.8 Å². The molecule has 0 aliphatic carbocycles. The van der Waals surface area contributed by atoms with E-state index in [0.717, 1.165) is 0 Å². The summed E-state index contributed by atoms with van der Waals surface area (Å²) in [6.45, 7) is 2.08. The van der Waals surface area contributed by atoms with Crippen molar-refractivity contribution in [3.8, 4) is 0 Å². The van der Waals surface area contributed by atoms with Crippen LogP contribution in [-0.4, -0.2) is 17.8 Å². The lowest BCUT2D eigenvalue weighted by Crippen LogP contribution is -2.08. The maximum atomic E-state index is 6.97. The lowest BCUT2D eigenvalue weighted by Gasteiger charge is -1.95. The summed E-state index contributed by atoms with van der Waals surface area (Å²) < 4.78 is 0. The predicted octanol–water partition coefficient (Wildman–Crippen LogP) is 2.62. The average Bonchev–Trinajstić information content (AvgIpc) is 2.25. The molecule has 2 rings (SSSR count).